The topological polar surface area (TPSA) is 17.1 Å². The molecule has 0 saturated carbocycles. The molecule has 0 aliphatic heterocycles. The van der Waals surface area contributed by atoms with Crippen LogP contribution in [0.25, 0.3) is 0 Å². The van der Waals surface area contributed by atoms with Gasteiger partial charge in [0.1, 0.15) is 6.29 Å². The molecule has 0 aliphatic carbocycles. The molecule has 15 heavy (non-hydrogen) atoms. The Bertz CT molecular complexity index is 165. The Kier molecular flexibility index (Phi) is 7.72. The van der Waals surface area contributed by atoms with E-state index in [4.69, 9.17) is 0 Å². The normalized spacial score (nSPS) is 19.3. The van der Waals surface area contributed by atoms with Crippen molar-refractivity contribution in [3.05, 3.63) is 0 Å². The fourth-order valence-corrected chi connectivity index (χ4v) is 2.42. The van der Waals surface area contributed by atoms with Crippen LogP contribution in [0, 0.1) is 23.7 Å². The maximum absolute atomic E-state index is 10.6. The van der Waals surface area contributed by atoms with Crippen LogP contribution in [0.15, 0.2) is 0 Å². The Morgan fingerprint density at radius 3 is 1.80 bits per heavy atom. The van der Waals surface area contributed by atoms with E-state index in [9.17, 15) is 4.79 Å². The van der Waals surface area contributed by atoms with Crippen LogP contribution >= 0.6 is 0 Å². The molecule has 0 aromatic carbocycles. The molecule has 0 aromatic rings. The summed E-state index contributed by atoms with van der Waals surface area (Å²) in [6.45, 7) is 11.2. The monoisotopic (exact) mass is 212 g/mol. The molecule has 4 atom stereocenters. The Labute approximate surface area is 95.6 Å². The van der Waals surface area contributed by atoms with Crippen LogP contribution < -0.4 is 0 Å². The molecule has 1 heteroatoms. The van der Waals surface area contributed by atoms with Crippen LogP contribution in [0.2, 0.25) is 0 Å². The minimum absolute atomic E-state index is 0.232. The molecular formula is C14H28O. The van der Waals surface area contributed by atoms with E-state index in [-0.39, 0.29) is 5.92 Å². The summed E-state index contributed by atoms with van der Waals surface area (Å²) in [5.41, 5.74) is 0. The molecular weight excluding hydrogens is 184 g/mol. The molecule has 4 unspecified atom stereocenters. The highest BCUT2D eigenvalue weighted by Crippen LogP contribution is 2.24. The van der Waals surface area contributed by atoms with E-state index >= 15 is 0 Å². The number of carbonyl (C=O) groups excluding carboxylic acids is 1. The quantitative estimate of drug-likeness (QED) is 0.548. The molecule has 1 nitrogen and oxygen atoms in total. The number of rotatable bonds is 8. The Balaban J connectivity index is 3.75. The van der Waals surface area contributed by atoms with Crippen molar-refractivity contribution in [2.24, 2.45) is 23.7 Å². The van der Waals surface area contributed by atoms with Crippen LogP contribution in [-0.2, 0) is 4.79 Å². The average Bonchev–Trinajstić information content (AvgIpc) is 2.16. The van der Waals surface area contributed by atoms with Crippen molar-refractivity contribution in [3.63, 3.8) is 0 Å². The van der Waals surface area contributed by atoms with Crippen molar-refractivity contribution in [1.29, 1.82) is 0 Å². The van der Waals surface area contributed by atoms with Crippen LogP contribution in [0.4, 0.5) is 0 Å². The fourth-order valence-electron chi connectivity index (χ4n) is 2.42. The lowest BCUT2D eigenvalue weighted by Crippen LogP contribution is -2.10. The minimum Gasteiger partial charge on any atom is -0.303 e. The summed E-state index contributed by atoms with van der Waals surface area (Å²) in [4.78, 5) is 10.6. The van der Waals surface area contributed by atoms with E-state index < -0.39 is 0 Å². The lowest BCUT2D eigenvalue weighted by atomic mass is 9.85. The zero-order chi connectivity index (χ0) is 11.8. The highest BCUT2D eigenvalue weighted by atomic mass is 16.1. The molecule has 0 aromatic heterocycles. The van der Waals surface area contributed by atoms with Gasteiger partial charge in [0.25, 0.3) is 0 Å². The highest BCUT2D eigenvalue weighted by Gasteiger charge is 2.13. The first-order chi connectivity index (χ1) is 6.99. The van der Waals surface area contributed by atoms with Gasteiger partial charge in [0, 0.05) is 5.92 Å². The Morgan fingerprint density at radius 2 is 1.33 bits per heavy atom. The van der Waals surface area contributed by atoms with E-state index in [2.05, 4.69) is 27.7 Å². The molecule has 0 fully saturated rings. The Morgan fingerprint density at radius 1 is 0.867 bits per heavy atom. The minimum atomic E-state index is 0.232. The summed E-state index contributed by atoms with van der Waals surface area (Å²) in [5, 5.41) is 0. The molecule has 90 valence electrons. The zero-order valence-electron chi connectivity index (χ0n) is 11.1. The SMILES string of the molecule is CCC(C)CC(C)CC(C)CC(C)C=O. The van der Waals surface area contributed by atoms with Gasteiger partial charge in [-0.25, -0.2) is 0 Å². The molecule has 0 amide bonds. The number of hydrogen-bond acceptors (Lipinski definition) is 1. The van der Waals surface area contributed by atoms with Gasteiger partial charge in [0.05, 0.1) is 0 Å². The average molecular weight is 212 g/mol. The van der Waals surface area contributed by atoms with Crippen molar-refractivity contribution >= 4 is 6.29 Å². The zero-order valence-corrected chi connectivity index (χ0v) is 11.1. The predicted octanol–water partition coefficient (Wildman–Crippen LogP) is 4.31. The summed E-state index contributed by atoms with van der Waals surface area (Å²) in [5.74, 6) is 2.56. The van der Waals surface area contributed by atoms with Crippen molar-refractivity contribution in [2.45, 2.75) is 60.3 Å². The van der Waals surface area contributed by atoms with Crippen molar-refractivity contribution < 1.29 is 4.79 Å². The molecule has 0 spiro atoms. The van der Waals surface area contributed by atoms with Gasteiger partial charge in [-0.15, -0.1) is 0 Å². The maximum Gasteiger partial charge on any atom is 0.122 e. The third-order valence-corrected chi connectivity index (χ3v) is 3.31. The third-order valence-electron chi connectivity index (χ3n) is 3.31. The lowest BCUT2D eigenvalue weighted by molar-refractivity contribution is -0.111. The first kappa shape index (κ1) is 14.7. The second-order valence-electron chi connectivity index (χ2n) is 5.54. The van der Waals surface area contributed by atoms with Crippen LogP contribution in [-0.4, -0.2) is 6.29 Å². The second-order valence-corrected chi connectivity index (χ2v) is 5.54. The molecule has 0 rings (SSSR count). The van der Waals surface area contributed by atoms with Gasteiger partial charge in [0.15, 0.2) is 0 Å². The number of hydrogen-bond donors (Lipinski definition) is 0. The van der Waals surface area contributed by atoms with E-state index in [0.717, 1.165) is 24.5 Å². The second kappa shape index (κ2) is 7.90. The Hall–Kier alpha value is -0.330. The maximum atomic E-state index is 10.6. The predicted molar refractivity (Wildman–Crippen MR) is 66.9 cm³/mol. The van der Waals surface area contributed by atoms with Crippen LogP contribution in [0.3, 0.4) is 0 Å². The van der Waals surface area contributed by atoms with Crippen molar-refractivity contribution in [1.82, 2.24) is 0 Å². The smallest absolute Gasteiger partial charge is 0.122 e. The first-order valence-corrected chi connectivity index (χ1v) is 6.44. The molecule has 0 heterocycles. The van der Waals surface area contributed by atoms with Gasteiger partial charge < -0.3 is 4.79 Å². The molecule has 0 saturated heterocycles. The third kappa shape index (κ3) is 7.58. The van der Waals surface area contributed by atoms with E-state index in [1.54, 1.807) is 0 Å². The standard InChI is InChI=1S/C14H28O/c1-6-11(2)7-12(3)8-13(4)9-14(5)10-15/h10-14H,6-9H2,1-5H3. The summed E-state index contributed by atoms with van der Waals surface area (Å²) in [6, 6.07) is 0. The summed E-state index contributed by atoms with van der Waals surface area (Å²) >= 11 is 0. The molecule has 0 N–H and O–H groups in total. The van der Waals surface area contributed by atoms with Gasteiger partial charge in [-0.2, -0.15) is 0 Å². The van der Waals surface area contributed by atoms with Crippen LogP contribution in [0.1, 0.15) is 60.3 Å². The van der Waals surface area contributed by atoms with Crippen molar-refractivity contribution in [2.75, 3.05) is 0 Å². The summed E-state index contributed by atoms with van der Waals surface area (Å²) < 4.78 is 0. The summed E-state index contributed by atoms with van der Waals surface area (Å²) in [7, 11) is 0. The van der Waals surface area contributed by atoms with Crippen molar-refractivity contribution in [3.8, 4) is 0 Å². The van der Waals surface area contributed by atoms with E-state index in [0.29, 0.717) is 5.92 Å². The van der Waals surface area contributed by atoms with E-state index in [1.165, 1.54) is 19.3 Å². The molecule has 0 bridgehead atoms. The summed E-state index contributed by atoms with van der Waals surface area (Å²) in [6.07, 6.45) is 6.01. The van der Waals surface area contributed by atoms with Gasteiger partial charge in [-0.3, -0.25) is 0 Å². The van der Waals surface area contributed by atoms with Gasteiger partial charge >= 0.3 is 0 Å². The highest BCUT2D eigenvalue weighted by molar-refractivity contribution is 5.52. The van der Waals surface area contributed by atoms with Crippen LogP contribution in [0.5, 0.6) is 0 Å². The van der Waals surface area contributed by atoms with Gasteiger partial charge in [-0.1, -0.05) is 41.0 Å². The molecule has 0 aliphatic rings. The molecule has 0 radical (unpaired) electrons. The largest absolute Gasteiger partial charge is 0.303 e. The first-order valence-electron chi connectivity index (χ1n) is 6.44. The lowest BCUT2D eigenvalue weighted by Gasteiger charge is -2.20. The number of aldehydes is 1. The fraction of sp³-hybridized carbons (Fsp3) is 0.929. The van der Waals surface area contributed by atoms with Gasteiger partial charge in [-0.05, 0) is 37.0 Å². The van der Waals surface area contributed by atoms with Gasteiger partial charge in [0.2, 0.25) is 0 Å². The van der Waals surface area contributed by atoms with E-state index in [1.807, 2.05) is 6.92 Å². The number of carbonyl (C=O) groups is 1.